The number of anilines is 1. The quantitative estimate of drug-likeness (QED) is 0.600. The van der Waals surface area contributed by atoms with Crippen molar-refractivity contribution in [1.29, 1.82) is 0 Å². The second-order valence-corrected chi connectivity index (χ2v) is 6.45. The molecule has 0 unspecified atom stereocenters. The molecular weight excluding hydrogens is 382 g/mol. The molecule has 0 fully saturated rings. The van der Waals surface area contributed by atoms with Gasteiger partial charge in [0.1, 0.15) is 23.9 Å². The summed E-state index contributed by atoms with van der Waals surface area (Å²) in [6, 6.07) is 11.7. The first-order chi connectivity index (χ1) is 13.8. The molecule has 29 heavy (non-hydrogen) atoms. The van der Waals surface area contributed by atoms with E-state index >= 15 is 0 Å². The third-order valence-electron chi connectivity index (χ3n) is 4.27. The SMILES string of the molecule is Cc1ccc(C)c(OCc2c(C(=O)Nc3ccccc3OC(F)F)noc2C)c1. The van der Waals surface area contributed by atoms with Crippen LogP contribution in [0.15, 0.2) is 47.0 Å². The lowest BCUT2D eigenvalue weighted by Crippen LogP contribution is -2.16. The van der Waals surface area contributed by atoms with E-state index in [-0.39, 0.29) is 23.7 Å². The second-order valence-electron chi connectivity index (χ2n) is 6.45. The van der Waals surface area contributed by atoms with Crippen LogP contribution in [0.1, 0.15) is 32.9 Å². The summed E-state index contributed by atoms with van der Waals surface area (Å²) in [5.41, 5.74) is 2.57. The number of ether oxygens (including phenoxy) is 2. The van der Waals surface area contributed by atoms with Crippen molar-refractivity contribution in [1.82, 2.24) is 5.16 Å². The molecule has 3 rings (SSSR count). The largest absolute Gasteiger partial charge is 0.488 e. The zero-order chi connectivity index (χ0) is 21.0. The van der Waals surface area contributed by atoms with E-state index in [1.54, 1.807) is 13.0 Å². The van der Waals surface area contributed by atoms with Crippen LogP contribution in [-0.4, -0.2) is 17.7 Å². The normalized spacial score (nSPS) is 10.8. The number of nitrogens with one attached hydrogen (secondary N) is 1. The molecule has 1 aromatic heterocycles. The van der Waals surface area contributed by atoms with Gasteiger partial charge >= 0.3 is 6.61 Å². The highest BCUT2D eigenvalue weighted by molar-refractivity contribution is 6.04. The van der Waals surface area contributed by atoms with Crippen LogP contribution in [-0.2, 0) is 6.61 Å². The van der Waals surface area contributed by atoms with Gasteiger partial charge in [0.25, 0.3) is 5.91 Å². The molecule has 0 radical (unpaired) electrons. The van der Waals surface area contributed by atoms with Crippen LogP contribution < -0.4 is 14.8 Å². The summed E-state index contributed by atoms with van der Waals surface area (Å²) in [6.07, 6.45) is 0. The third kappa shape index (κ3) is 4.90. The van der Waals surface area contributed by atoms with Crippen molar-refractivity contribution in [2.24, 2.45) is 0 Å². The van der Waals surface area contributed by atoms with Crippen molar-refractivity contribution in [2.45, 2.75) is 34.0 Å². The predicted octanol–water partition coefficient (Wildman–Crippen LogP) is 5.03. The molecule has 0 aliphatic carbocycles. The van der Waals surface area contributed by atoms with E-state index in [9.17, 15) is 13.6 Å². The summed E-state index contributed by atoms with van der Waals surface area (Å²) in [4.78, 5) is 12.7. The van der Waals surface area contributed by atoms with Gasteiger partial charge in [-0.1, -0.05) is 29.4 Å². The first-order valence-electron chi connectivity index (χ1n) is 8.85. The molecule has 0 saturated carbocycles. The van der Waals surface area contributed by atoms with Gasteiger partial charge in [-0.2, -0.15) is 8.78 Å². The number of hydrogen-bond acceptors (Lipinski definition) is 5. The minimum Gasteiger partial charge on any atom is -0.488 e. The molecule has 1 heterocycles. The van der Waals surface area contributed by atoms with Crippen LogP contribution in [0.2, 0.25) is 0 Å². The number of hydrogen-bond donors (Lipinski definition) is 1. The summed E-state index contributed by atoms with van der Waals surface area (Å²) in [6.45, 7) is 2.60. The number of rotatable bonds is 7. The maximum absolute atomic E-state index is 12.7. The fourth-order valence-corrected chi connectivity index (χ4v) is 2.70. The highest BCUT2D eigenvalue weighted by Gasteiger charge is 2.22. The Labute approximate surface area is 166 Å². The smallest absolute Gasteiger partial charge is 0.387 e. The predicted molar refractivity (Wildman–Crippen MR) is 103 cm³/mol. The van der Waals surface area contributed by atoms with Crippen LogP contribution in [0.3, 0.4) is 0 Å². The number of carbonyl (C=O) groups excluding carboxylic acids is 1. The first-order valence-corrected chi connectivity index (χ1v) is 8.85. The lowest BCUT2D eigenvalue weighted by Gasteiger charge is -2.12. The van der Waals surface area contributed by atoms with Crippen molar-refractivity contribution >= 4 is 11.6 Å². The number of aryl methyl sites for hydroxylation is 3. The number of alkyl halides is 2. The topological polar surface area (TPSA) is 73.6 Å². The zero-order valence-corrected chi connectivity index (χ0v) is 16.2. The molecule has 0 atom stereocenters. The number of carbonyl (C=O) groups is 1. The third-order valence-corrected chi connectivity index (χ3v) is 4.27. The summed E-state index contributed by atoms with van der Waals surface area (Å²) < 4.78 is 40.6. The Morgan fingerprint density at radius 3 is 2.66 bits per heavy atom. The number of aromatic nitrogens is 1. The highest BCUT2D eigenvalue weighted by Crippen LogP contribution is 2.27. The van der Waals surface area contributed by atoms with Gasteiger partial charge in [-0.25, -0.2) is 0 Å². The summed E-state index contributed by atoms with van der Waals surface area (Å²) in [5, 5.41) is 6.33. The van der Waals surface area contributed by atoms with E-state index in [1.165, 1.54) is 18.2 Å². The zero-order valence-electron chi connectivity index (χ0n) is 16.2. The van der Waals surface area contributed by atoms with Gasteiger partial charge in [-0.3, -0.25) is 4.79 Å². The summed E-state index contributed by atoms with van der Waals surface area (Å²) in [7, 11) is 0. The van der Waals surface area contributed by atoms with Crippen molar-refractivity contribution in [3.63, 3.8) is 0 Å². The van der Waals surface area contributed by atoms with Gasteiger partial charge in [-0.05, 0) is 50.1 Å². The Morgan fingerprint density at radius 2 is 1.90 bits per heavy atom. The molecule has 1 N–H and O–H groups in total. The van der Waals surface area contributed by atoms with Gasteiger partial charge in [0.2, 0.25) is 0 Å². The summed E-state index contributed by atoms with van der Waals surface area (Å²) in [5.74, 6) is 0.348. The van der Waals surface area contributed by atoms with E-state index in [1.807, 2.05) is 32.0 Å². The number of amides is 1. The standard InChI is InChI=1S/C21H20F2N2O4/c1-12-8-9-13(2)18(10-12)27-11-15-14(3)29-25-19(15)20(26)24-16-6-4-5-7-17(16)28-21(22)23/h4-10,21H,11H2,1-3H3,(H,24,26). The van der Waals surface area contributed by atoms with Gasteiger partial charge in [0.15, 0.2) is 5.69 Å². The van der Waals surface area contributed by atoms with E-state index < -0.39 is 12.5 Å². The Bertz CT molecular complexity index is 1020. The average Bonchev–Trinajstić information content (AvgIpc) is 3.04. The van der Waals surface area contributed by atoms with Crippen molar-refractivity contribution in [3.8, 4) is 11.5 Å². The van der Waals surface area contributed by atoms with Crippen molar-refractivity contribution in [2.75, 3.05) is 5.32 Å². The molecule has 152 valence electrons. The minimum absolute atomic E-state index is 0.0136. The second kappa shape index (κ2) is 8.72. The van der Waals surface area contributed by atoms with Crippen LogP contribution in [0.25, 0.3) is 0 Å². The van der Waals surface area contributed by atoms with Gasteiger partial charge in [-0.15, -0.1) is 0 Å². The highest BCUT2D eigenvalue weighted by atomic mass is 19.3. The molecular formula is C21H20F2N2O4. The van der Waals surface area contributed by atoms with E-state index in [2.05, 4.69) is 15.2 Å². The van der Waals surface area contributed by atoms with Crippen LogP contribution in [0.4, 0.5) is 14.5 Å². The van der Waals surface area contributed by atoms with Gasteiger partial charge in [0.05, 0.1) is 11.3 Å². The van der Waals surface area contributed by atoms with Crippen LogP contribution >= 0.6 is 0 Å². The Balaban J connectivity index is 1.79. The van der Waals surface area contributed by atoms with E-state index in [0.717, 1.165) is 11.1 Å². The Kier molecular flexibility index (Phi) is 6.11. The monoisotopic (exact) mass is 402 g/mol. The molecule has 6 nitrogen and oxygen atoms in total. The van der Waals surface area contributed by atoms with E-state index in [4.69, 9.17) is 9.26 Å². The van der Waals surface area contributed by atoms with Crippen LogP contribution in [0.5, 0.6) is 11.5 Å². The average molecular weight is 402 g/mol. The molecule has 2 aromatic carbocycles. The lowest BCUT2D eigenvalue weighted by atomic mass is 10.1. The van der Waals surface area contributed by atoms with E-state index in [0.29, 0.717) is 17.1 Å². The fraction of sp³-hybridized carbons (Fsp3) is 0.238. The van der Waals surface area contributed by atoms with Crippen molar-refractivity contribution in [3.05, 3.63) is 70.6 Å². The van der Waals surface area contributed by atoms with Gasteiger partial charge < -0.3 is 19.3 Å². The Hall–Kier alpha value is -3.42. The molecule has 0 spiro atoms. The fourth-order valence-electron chi connectivity index (χ4n) is 2.70. The molecule has 1 amide bonds. The van der Waals surface area contributed by atoms with Crippen LogP contribution in [0, 0.1) is 20.8 Å². The summed E-state index contributed by atoms with van der Waals surface area (Å²) >= 11 is 0. The molecule has 0 aliphatic heterocycles. The number of nitrogens with zero attached hydrogens (tertiary/aromatic N) is 1. The molecule has 0 saturated heterocycles. The number of halogens is 2. The minimum atomic E-state index is -3.01. The number of para-hydroxylation sites is 2. The molecule has 8 heteroatoms. The molecule has 0 aliphatic rings. The maximum Gasteiger partial charge on any atom is 0.387 e. The Morgan fingerprint density at radius 1 is 1.14 bits per heavy atom. The number of benzene rings is 2. The first kappa shape index (κ1) is 20.3. The molecule has 0 bridgehead atoms. The van der Waals surface area contributed by atoms with Crippen molar-refractivity contribution < 1.29 is 27.6 Å². The van der Waals surface area contributed by atoms with Gasteiger partial charge in [0, 0.05) is 0 Å². The maximum atomic E-state index is 12.7. The molecule has 3 aromatic rings. The lowest BCUT2D eigenvalue weighted by molar-refractivity contribution is -0.0493.